The number of nitrogens with two attached hydrogens (primary N) is 1. The summed E-state index contributed by atoms with van der Waals surface area (Å²) in [5, 5.41) is 8.43. The highest BCUT2D eigenvalue weighted by Gasteiger charge is 2.05. The predicted octanol–water partition coefficient (Wildman–Crippen LogP) is 0.133. The third kappa shape index (κ3) is 1.37. The van der Waals surface area contributed by atoms with Gasteiger partial charge in [0.1, 0.15) is 11.8 Å². The van der Waals surface area contributed by atoms with Crippen LogP contribution in [-0.2, 0) is 0 Å². The summed E-state index contributed by atoms with van der Waals surface area (Å²) in [5.74, 6) is -0.233. The zero-order valence-corrected chi connectivity index (χ0v) is 6.40. The summed E-state index contributed by atoms with van der Waals surface area (Å²) >= 11 is 0. The largest absolute Gasteiger partial charge is 0.381 e. The number of hydrogen-bond acceptors (Lipinski definition) is 5. The first-order valence-electron chi connectivity index (χ1n) is 3.18. The maximum absolute atomic E-state index is 10.8. The van der Waals surface area contributed by atoms with Crippen LogP contribution in [0.5, 0.6) is 0 Å². The minimum atomic E-state index is -0.223. The maximum Gasteiger partial charge on any atom is 0.182 e. The summed E-state index contributed by atoms with van der Waals surface area (Å²) in [6.45, 7) is 1.36. The number of aromatic nitrogens is 2. The van der Waals surface area contributed by atoms with Crippen LogP contribution in [0.1, 0.15) is 23.1 Å². The van der Waals surface area contributed by atoms with Gasteiger partial charge in [0.25, 0.3) is 0 Å². The first-order valence-corrected chi connectivity index (χ1v) is 3.18. The lowest BCUT2D eigenvalue weighted by molar-refractivity contribution is 0.101. The molecule has 0 bridgehead atoms. The lowest BCUT2D eigenvalue weighted by atomic mass is 10.3. The summed E-state index contributed by atoms with van der Waals surface area (Å²) in [4.78, 5) is 18.1. The van der Waals surface area contributed by atoms with Crippen LogP contribution in [0.3, 0.4) is 0 Å². The summed E-state index contributed by atoms with van der Waals surface area (Å²) in [6, 6.07) is 1.75. The van der Waals surface area contributed by atoms with Crippen LogP contribution < -0.4 is 5.73 Å². The van der Waals surface area contributed by atoms with Crippen molar-refractivity contribution in [3.8, 4) is 6.07 Å². The van der Waals surface area contributed by atoms with Gasteiger partial charge in [0.05, 0.1) is 6.20 Å². The van der Waals surface area contributed by atoms with Crippen LogP contribution >= 0.6 is 0 Å². The molecule has 0 atom stereocenters. The normalized spacial score (nSPS) is 9.00. The molecule has 0 radical (unpaired) electrons. The number of ketones is 1. The van der Waals surface area contributed by atoms with Gasteiger partial charge in [-0.2, -0.15) is 5.26 Å². The number of carbonyl (C=O) groups is 1. The minimum absolute atomic E-state index is 0.00907. The molecule has 1 heterocycles. The number of Topliss-reactive ketones (excluding diaryl/α,β-unsaturated/α-hetero) is 1. The Morgan fingerprint density at radius 3 is 2.83 bits per heavy atom. The molecule has 2 N–H and O–H groups in total. The average molecular weight is 162 g/mol. The minimum Gasteiger partial charge on any atom is -0.381 e. The molecule has 1 aromatic rings. The van der Waals surface area contributed by atoms with Gasteiger partial charge in [0, 0.05) is 6.92 Å². The van der Waals surface area contributed by atoms with E-state index in [0.29, 0.717) is 0 Å². The zero-order chi connectivity index (χ0) is 9.14. The van der Waals surface area contributed by atoms with E-state index in [1.54, 1.807) is 6.07 Å². The van der Waals surface area contributed by atoms with E-state index >= 15 is 0 Å². The van der Waals surface area contributed by atoms with Crippen molar-refractivity contribution in [3.05, 3.63) is 17.6 Å². The molecule has 5 nitrogen and oxygen atoms in total. The van der Waals surface area contributed by atoms with Crippen LogP contribution in [0.4, 0.5) is 5.82 Å². The number of nitriles is 1. The van der Waals surface area contributed by atoms with Crippen molar-refractivity contribution in [2.45, 2.75) is 6.92 Å². The zero-order valence-electron chi connectivity index (χ0n) is 6.40. The molecule has 60 valence electrons. The molecular formula is C7H6N4O. The second kappa shape index (κ2) is 2.96. The summed E-state index contributed by atoms with van der Waals surface area (Å²) in [5.41, 5.74) is 5.54. The Balaban J connectivity index is 3.21. The van der Waals surface area contributed by atoms with Crippen molar-refractivity contribution in [2.75, 3.05) is 5.73 Å². The number of nitrogens with zero attached hydrogens (tertiary/aromatic N) is 3. The Hall–Kier alpha value is -1.96. The van der Waals surface area contributed by atoms with Crippen molar-refractivity contribution in [1.82, 2.24) is 9.97 Å². The van der Waals surface area contributed by atoms with Gasteiger partial charge in [0.2, 0.25) is 0 Å². The third-order valence-corrected chi connectivity index (χ3v) is 1.27. The number of carbonyl (C=O) groups excluding carboxylic acids is 1. The van der Waals surface area contributed by atoms with E-state index < -0.39 is 0 Å². The van der Waals surface area contributed by atoms with Gasteiger partial charge in [0.15, 0.2) is 17.3 Å². The molecule has 0 aliphatic carbocycles. The molecule has 0 amide bonds. The molecule has 1 aromatic heterocycles. The van der Waals surface area contributed by atoms with Gasteiger partial charge in [-0.15, -0.1) is 0 Å². The fourth-order valence-electron chi connectivity index (χ4n) is 0.659. The molecule has 0 saturated heterocycles. The van der Waals surface area contributed by atoms with Gasteiger partial charge >= 0.3 is 0 Å². The molecule has 0 aliphatic heterocycles. The number of nitrogen functional groups attached to an aromatic ring is 1. The van der Waals surface area contributed by atoms with Crippen molar-refractivity contribution in [3.63, 3.8) is 0 Å². The molecule has 0 unspecified atom stereocenters. The van der Waals surface area contributed by atoms with Crippen molar-refractivity contribution in [1.29, 1.82) is 5.26 Å². The van der Waals surface area contributed by atoms with Crippen molar-refractivity contribution in [2.24, 2.45) is 0 Å². The number of rotatable bonds is 1. The summed E-state index contributed by atoms with van der Waals surface area (Å²) < 4.78 is 0. The SMILES string of the molecule is CC(=O)c1cnc(C#N)c(N)n1. The highest BCUT2D eigenvalue weighted by Crippen LogP contribution is 2.04. The van der Waals surface area contributed by atoms with Crippen LogP contribution in [0, 0.1) is 11.3 Å². The molecular weight excluding hydrogens is 156 g/mol. The van der Waals surface area contributed by atoms with Gasteiger partial charge in [-0.05, 0) is 0 Å². The average Bonchev–Trinajstić information content (AvgIpc) is 2.04. The van der Waals surface area contributed by atoms with Crippen molar-refractivity contribution >= 4 is 11.6 Å². The fraction of sp³-hybridized carbons (Fsp3) is 0.143. The Morgan fingerprint density at radius 1 is 1.75 bits per heavy atom. The molecule has 12 heavy (non-hydrogen) atoms. The van der Waals surface area contributed by atoms with Crippen molar-refractivity contribution < 1.29 is 4.79 Å². The molecule has 0 saturated carbocycles. The van der Waals surface area contributed by atoms with Crippen LogP contribution in [-0.4, -0.2) is 15.8 Å². The highest BCUT2D eigenvalue weighted by molar-refractivity contribution is 5.92. The molecule has 0 fully saturated rings. The summed E-state index contributed by atoms with van der Waals surface area (Å²) in [7, 11) is 0. The fourth-order valence-corrected chi connectivity index (χ4v) is 0.659. The first kappa shape index (κ1) is 8.14. The van der Waals surface area contributed by atoms with Crippen LogP contribution in [0.2, 0.25) is 0 Å². The highest BCUT2D eigenvalue weighted by atomic mass is 16.1. The predicted molar refractivity (Wildman–Crippen MR) is 41.2 cm³/mol. The van der Waals surface area contributed by atoms with Gasteiger partial charge in [-0.3, -0.25) is 4.79 Å². The standard InChI is InChI=1S/C7H6N4O/c1-4(12)6-3-10-5(2-8)7(9)11-6/h3H,1H3,(H2,9,11). The molecule has 1 rings (SSSR count). The smallest absolute Gasteiger partial charge is 0.182 e. The molecule has 0 aromatic carbocycles. The third-order valence-electron chi connectivity index (χ3n) is 1.27. The van der Waals surface area contributed by atoms with E-state index in [4.69, 9.17) is 11.0 Å². The molecule has 5 heteroatoms. The second-order valence-electron chi connectivity index (χ2n) is 2.16. The summed E-state index contributed by atoms with van der Waals surface area (Å²) in [6.07, 6.45) is 1.23. The van der Waals surface area contributed by atoms with E-state index in [2.05, 4.69) is 9.97 Å². The Morgan fingerprint density at radius 2 is 2.42 bits per heavy atom. The number of anilines is 1. The number of hydrogen-bond donors (Lipinski definition) is 1. The monoisotopic (exact) mass is 162 g/mol. The van der Waals surface area contributed by atoms with E-state index in [1.165, 1.54) is 13.1 Å². The topological polar surface area (TPSA) is 92.7 Å². The van der Waals surface area contributed by atoms with E-state index in [0.717, 1.165) is 0 Å². The lowest BCUT2D eigenvalue weighted by Crippen LogP contribution is -2.04. The van der Waals surface area contributed by atoms with Gasteiger partial charge < -0.3 is 5.73 Å². The van der Waals surface area contributed by atoms with Gasteiger partial charge in [-0.25, -0.2) is 9.97 Å². The quantitative estimate of drug-likeness (QED) is 0.592. The molecule has 0 spiro atoms. The Bertz CT molecular complexity index is 366. The van der Waals surface area contributed by atoms with Gasteiger partial charge in [-0.1, -0.05) is 0 Å². The Kier molecular flexibility index (Phi) is 2.01. The lowest BCUT2D eigenvalue weighted by Gasteiger charge is -1.96. The maximum atomic E-state index is 10.8. The van der Waals surface area contributed by atoms with Crippen LogP contribution in [0.25, 0.3) is 0 Å². The Labute approximate surface area is 68.9 Å². The van der Waals surface area contributed by atoms with E-state index in [1.807, 2.05) is 0 Å². The van der Waals surface area contributed by atoms with E-state index in [9.17, 15) is 4.79 Å². The second-order valence-corrected chi connectivity index (χ2v) is 2.16. The molecule has 0 aliphatic rings. The van der Waals surface area contributed by atoms with Crippen LogP contribution in [0.15, 0.2) is 6.20 Å². The first-order chi connectivity index (χ1) is 5.65. The van der Waals surface area contributed by atoms with E-state index in [-0.39, 0.29) is 23.0 Å².